The summed E-state index contributed by atoms with van der Waals surface area (Å²) in [5.41, 5.74) is 7.19. The summed E-state index contributed by atoms with van der Waals surface area (Å²) >= 11 is 0. The van der Waals surface area contributed by atoms with Gasteiger partial charge in [-0.3, -0.25) is 9.59 Å². The molecule has 1 aromatic carbocycles. The van der Waals surface area contributed by atoms with Crippen molar-refractivity contribution in [2.24, 2.45) is 5.73 Å². The molecule has 0 radical (unpaired) electrons. The Hall–Kier alpha value is -3.89. The van der Waals surface area contributed by atoms with Crippen molar-refractivity contribution in [2.75, 3.05) is 28.6 Å². The third kappa shape index (κ3) is 4.01. The highest BCUT2D eigenvalue weighted by molar-refractivity contribution is 6.06. The lowest BCUT2D eigenvalue weighted by atomic mass is 9.86. The molecule has 2 aliphatic rings. The molecular formula is C21H25N7O4. The van der Waals surface area contributed by atoms with Crippen molar-refractivity contribution < 1.29 is 19.5 Å². The van der Waals surface area contributed by atoms with Crippen LogP contribution in [0.15, 0.2) is 24.4 Å². The van der Waals surface area contributed by atoms with Crippen molar-refractivity contribution in [3.05, 3.63) is 35.5 Å². The lowest BCUT2D eigenvalue weighted by molar-refractivity contribution is -0.119. The first-order valence-corrected chi connectivity index (χ1v) is 10.3. The third-order valence-corrected chi connectivity index (χ3v) is 5.84. The van der Waals surface area contributed by atoms with Crippen LogP contribution in [-0.2, 0) is 10.2 Å². The molecule has 168 valence electrons. The maximum atomic E-state index is 12.2. The number of fused-ring (bicyclic) bond motifs is 1. The summed E-state index contributed by atoms with van der Waals surface area (Å²) in [7, 11) is 0. The van der Waals surface area contributed by atoms with Gasteiger partial charge in [-0.05, 0) is 50.5 Å². The van der Waals surface area contributed by atoms with Gasteiger partial charge in [-0.15, -0.1) is 0 Å². The first-order valence-electron chi connectivity index (χ1n) is 10.3. The van der Waals surface area contributed by atoms with E-state index in [0.29, 0.717) is 24.7 Å². The minimum atomic E-state index is -1.07. The van der Waals surface area contributed by atoms with E-state index in [4.69, 9.17) is 10.8 Å². The predicted octanol–water partition coefficient (Wildman–Crippen LogP) is 1.79. The molecule has 1 fully saturated rings. The van der Waals surface area contributed by atoms with Crippen LogP contribution in [0.25, 0.3) is 0 Å². The summed E-state index contributed by atoms with van der Waals surface area (Å²) in [4.78, 5) is 45.8. The van der Waals surface area contributed by atoms with E-state index in [1.54, 1.807) is 12.1 Å². The zero-order valence-corrected chi connectivity index (χ0v) is 17.8. The number of nitrogens with two attached hydrogens (primary N) is 1. The minimum absolute atomic E-state index is 0.0820. The third-order valence-electron chi connectivity index (χ3n) is 5.84. The molecule has 2 aliphatic heterocycles. The van der Waals surface area contributed by atoms with Gasteiger partial charge >= 0.3 is 6.09 Å². The molecule has 0 spiro atoms. The quantitative estimate of drug-likeness (QED) is 0.471. The van der Waals surface area contributed by atoms with Crippen LogP contribution in [0.4, 0.5) is 27.9 Å². The number of primary amides is 1. The van der Waals surface area contributed by atoms with Gasteiger partial charge in [-0.2, -0.15) is 4.98 Å². The van der Waals surface area contributed by atoms with Crippen molar-refractivity contribution in [1.29, 1.82) is 0 Å². The zero-order valence-electron chi connectivity index (χ0n) is 17.8. The summed E-state index contributed by atoms with van der Waals surface area (Å²) in [6, 6.07) is 5.18. The molecule has 0 bridgehead atoms. The molecule has 3 heterocycles. The van der Waals surface area contributed by atoms with E-state index in [2.05, 4.69) is 25.9 Å². The predicted molar refractivity (Wildman–Crippen MR) is 118 cm³/mol. The second kappa shape index (κ2) is 7.98. The highest BCUT2D eigenvalue weighted by Crippen LogP contribution is 2.39. The molecule has 11 heteroatoms. The molecule has 1 aromatic heterocycles. The van der Waals surface area contributed by atoms with Gasteiger partial charge in [-0.25, -0.2) is 9.78 Å². The Bertz CT molecular complexity index is 1100. The fourth-order valence-electron chi connectivity index (χ4n) is 4.04. The van der Waals surface area contributed by atoms with Crippen LogP contribution in [-0.4, -0.2) is 52.1 Å². The Morgan fingerprint density at radius 1 is 1.34 bits per heavy atom. The molecule has 11 nitrogen and oxygen atoms in total. The van der Waals surface area contributed by atoms with Crippen LogP contribution < -0.4 is 26.6 Å². The number of amides is 3. The van der Waals surface area contributed by atoms with E-state index in [-0.39, 0.29) is 23.3 Å². The fraction of sp³-hybridized carbons (Fsp3) is 0.381. The number of carbonyl (C=O) groups is 3. The number of nitrogens with zero attached hydrogens (tertiary/aromatic N) is 3. The van der Waals surface area contributed by atoms with Crippen molar-refractivity contribution in [1.82, 2.24) is 15.3 Å². The number of piperidine rings is 1. The molecule has 4 rings (SSSR count). The molecule has 0 unspecified atom stereocenters. The Kier molecular flexibility index (Phi) is 5.33. The van der Waals surface area contributed by atoms with Crippen LogP contribution in [0.1, 0.15) is 42.6 Å². The monoisotopic (exact) mass is 439 g/mol. The van der Waals surface area contributed by atoms with Crippen LogP contribution in [0.3, 0.4) is 0 Å². The maximum Gasteiger partial charge on any atom is 0.404 e. The van der Waals surface area contributed by atoms with E-state index in [1.807, 2.05) is 24.8 Å². The van der Waals surface area contributed by atoms with E-state index in [9.17, 15) is 14.4 Å². The SMILES string of the molecule is CC1(C)C(=O)Nc2ccc(Nc3nc(N4CCC[C@H](NC(=O)O)C4)ncc3C(N)=O)cc21. The lowest BCUT2D eigenvalue weighted by Gasteiger charge is -2.32. The topological polar surface area (TPSA) is 163 Å². The van der Waals surface area contributed by atoms with Crippen molar-refractivity contribution in [3.63, 3.8) is 0 Å². The van der Waals surface area contributed by atoms with Gasteiger partial charge in [0, 0.05) is 36.7 Å². The van der Waals surface area contributed by atoms with Gasteiger partial charge in [0.1, 0.15) is 11.4 Å². The van der Waals surface area contributed by atoms with E-state index < -0.39 is 17.4 Å². The van der Waals surface area contributed by atoms with Gasteiger partial charge in [-0.1, -0.05) is 0 Å². The van der Waals surface area contributed by atoms with Gasteiger partial charge in [0.25, 0.3) is 5.91 Å². The molecule has 0 aliphatic carbocycles. The minimum Gasteiger partial charge on any atom is -0.465 e. The lowest BCUT2D eigenvalue weighted by Crippen LogP contribution is -2.48. The summed E-state index contributed by atoms with van der Waals surface area (Å²) < 4.78 is 0. The number of carbonyl (C=O) groups excluding carboxylic acids is 2. The van der Waals surface area contributed by atoms with Crippen molar-refractivity contribution in [3.8, 4) is 0 Å². The molecule has 3 amide bonds. The number of nitrogens with one attached hydrogen (secondary N) is 3. The first-order chi connectivity index (χ1) is 15.1. The Morgan fingerprint density at radius 2 is 2.12 bits per heavy atom. The van der Waals surface area contributed by atoms with Gasteiger partial charge in [0.05, 0.1) is 5.41 Å². The number of hydrogen-bond acceptors (Lipinski definition) is 7. The summed E-state index contributed by atoms with van der Waals surface area (Å²) in [6.07, 6.45) is 1.79. The average Bonchev–Trinajstić information content (AvgIpc) is 2.96. The second-order valence-electron chi connectivity index (χ2n) is 8.50. The molecule has 1 saturated heterocycles. The van der Waals surface area contributed by atoms with Crippen molar-refractivity contribution >= 4 is 41.0 Å². The van der Waals surface area contributed by atoms with Crippen LogP contribution in [0.5, 0.6) is 0 Å². The number of anilines is 4. The van der Waals surface area contributed by atoms with Crippen LogP contribution >= 0.6 is 0 Å². The normalized spacial score (nSPS) is 19.1. The van der Waals surface area contributed by atoms with Crippen molar-refractivity contribution in [2.45, 2.75) is 38.1 Å². The number of rotatable bonds is 5. The summed E-state index contributed by atoms with van der Waals surface area (Å²) in [6.45, 7) is 4.76. The standard InChI is InChI=1S/C21H25N7O4/c1-21(2)14-8-11(5-6-15(14)26-18(21)30)24-17-13(16(22)29)9-23-19(27-17)28-7-3-4-12(10-28)25-20(31)32/h5-6,8-9,12,25H,3-4,7,10H2,1-2H3,(H2,22,29)(H,26,30)(H,31,32)(H,23,24,27)/t12-/m0/s1. The van der Waals surface area contributed by atoms with E-state index >= 15 is 0 Å². The molecular weight excluding hydrogens is 414 g/mol. The highest BCUT2D eigenvalue weighted by Gasteiger charge is 2.38. The van der Waals surface area contributed by atoms with E-state index in [1.165, 1.54) is 6.20 Å². The zero-order chi connectivity index (χ0) is 23.0. The number of benzene rings is 1. The smallest absolute Gasteiger partial charge is 0.404 e. The molecule has 0 saturated carbocycles. The Labute approximate surface area is 184 Å². The van der Waals surface area contributed by atoms with E-state index in [0.717, 1.165) is 24.1 Å². The second-order valence-corrected chi connectivity index (χ2v) is 8.50. The molecule has 6 N–H and O–H groups in total. The molecule has 1 atom stereocenters. The molecule has 32 heavy (non-hydrogen) atoms. The van der Waals surface area contributed by atoms with Gasteiger partial charge < -0.3 is 31.7 Å². The number of aromatic nitrogens is 2. The van der Waals surface area contributed by atoms with Gasteiger partial charge in [0.15, 0.2) is 0 Å². The fourth-order valence-corrected chi connectivity index (χ4v) is 4.04. The Balaban J connectivity index is 1.63. The maximum absolute atomic E-state index is 12.2. The van der Waals surface area contributed by atoms with Gasteiger partial charge in [0.2, 0.25) is 11.9 Å². The number of hydrogen-bond donors (Lipinski definition) is 5. The van der Waals surface area contributed by atoms with Crippen LogP contribution in [0, 0.1) is 0 Å². The summed E-state index contributed by atoms with van der Waals surface area (Å²) in [5.74, 6) is -0.151. The summed E-state index contributed by atoms with van der Waals surface area (Å²) in [5, 5.41) is 17.5. The van der Waals surface area contributed by atoms with Crippen LogP contribution in [0.2, 0.25) is 0 Å². The number of carboxylic acid groups (broad SMARTS) is 1. The average molecular weight is 439 g/mol. The Morgan fingerprint density at radius 3 is 2.84 bits per heavy atom. The highest BCUT2D eigenvalue weighted by atomic mass is 16.4. The molecule has 2 aromatic rings. The first kappa shape index (κ1) is 21.3. The largest absolute Gasteiger partial charge is 0.465 e.